The van der Waals surface area contributed by atoms with Gasteiger partial charge in [0.1, 0.15) is 28.5 Å². The van der Waals surface area contributed by atoms with Gasteiger partial charge in [0, 0.05) is 30.2 Å². The zero-order valence-electron chi connectivity index (χ0n) is 19.2. The molecule has 0 aliphatic rings. The van der Waals surface area contributed by atoms with E-state index in [1.807, 2.05) is 0 Å². The van der Waals surface area contributed by atoms with Gasteiger partial charge in [-0.2, -0.15) is 4.98 Å². The average Bonchev–Trinajstić information content (AvgIpc) is 2.82. The first-order valence-corrected chi connectivity index (χ1v) is 11.4. The number of hydrogen-bond acceptors (Lipinski definition) is 6. The molecule has 1 aromatic heterocycles. The SMILES string of the molecule is Cc1ccc(C(=O)NCC[C@H](O)C(=O)O)cc1-n1c(C)nc(OCc2ccc(F)cc2F)c(Br)c1=O. The van der Waals surface area contributed by atoms with Crippen molar-refractivity contribution < 1.29 is 33.3 Å². The van der Waals surface area contributed by atoms with Crippen molar-refractivity contribution in [1.82, 2.24) is 14.9 Å². The fraction of sp³-hybridized carbons (Fsp3) is 0.250. The number of carboxylic acid groups (broad SMARTS) is 1. The summed E-state index contributed by atoms with van der Waals surface area (Å²) in [7, 11) is 0. The van der Waals surface area contributed by atoms with Crippen molar-refractivity contribution in [3.63, 3.8) is 0 Å². The third-order valence-electron chi connectivity index (χ3n) is 5.25. The Morgan fingerprint density at radius 2 is 1.92 bits per heavy atom. The van der Waals surface area contributed by atoms with Crippen LogP contribution >= 0.6 is 15.9 Å². The number of aryl methyl sites for hydroxylation is 2. The molecule has 36 heavy (non-hydrogen) atoms. The van der Waals surface area contributed by atoms with E-state index in [2.05, 4.69) is 26.2 Å². The highest BCUT2D eigenvalue weighted by molar-refractivity contribution is 9.10. The molecule has 190 valence electrons. The largest absolute Gasteiger partial charge is 0.479 e. The molecule has 0 spiro atoms. The molecule has 0 fully saturated rings. The minimum atomic E-state index is -1.59. The third kappa shape index (κ3) is 6.13. The Morgan fingerprint density at radius 1 is 1.19 bits per heavy atom. The van der Waals surface area contributed by atoms with Gasteiger partial charge in [0.25, 0.3) is 11.5 Å². The Hall–Kier alpha value is -3.64. The van der Waals surface area contributed by atoms with E-state index < -0.39 is 35.2 Å². The number of aromatic nitrogens is 2. The molecule has 12 heteroatoms. The van der Waals surface area contributed by atoms with Crippen LogP contribution < -0.4 is 15.6 Å². The van der Waals surface area contributed by atoms with Crippen LogP contribution in [0.3, 0.4) is 0 Å². The van der Waals surface area contributed by atoms with Crippen molar-refractivity contribution in [2.75, 3.05) is 6.54 Å². The van der Waals surface area contributed by atoms with Crippen molar-refractivity contribution in [2.45, 2.75) is 33.0 Å². The van der Waals surface area contributed by atoms with Crippen LogP contribution in [0.2, 0.25) is 0 Å². The maximum atomic E-state index is 13.9. The molecular weight excluding hydrogens is 544 g/mol. The molecule has 0 saturated carbocycles. The number of carbonyl (C=O) groups is 2. The Bertz CT molecular complexity index is 1380. The highest BCUT2D eigenvalue weighted by Crippen LogP contribution is 2.24. The summed E-state index contributed by atoms with van der Waals surface area (Å²) in [5.74, 6) is -3.28. The molecule has 1 atom stereocenters. The molecule has 0 radical (unpaired) electrons. The van der Waals surface area contributed by atoms with Crippen molar-refractivity contribution in [2.24, 2.45) is 0 Å². The molecule has 3 aromatic rings. The first-order chi connectivity index (χ1) is 17.0. The predicted octanol–water partition coefficient (Wildman–Crippen LogP) is 3.03. The number of rotatable bonds is 9. The molecule has 1 heterocycles. The molecule has 3 rings (SSSR count). The normalized spacial score (nSPS) is 11.7. The maximum absolute atomic E-state index is 13.9. The summed E-state index contributed by atoms with van der Waals surface area (Å²) in [6.45, 7) is 2.94. The second kappa shape index (κ2) is 11.4. The Balaban J connectivity index is 1.85. The van der Waals surface area contributed by atoms with Gasteiger partial charge in [-0.15, -0.1) is 0 Å². The van der Waals surface area contributed by atoms with Crippen LogP contribution in [0.5, 0.6) is 5.88 Å². The van der Waals surface area contributed by atoms with E-state index in [-0.39, 0.29) is 46.9 Å². The van der Waals surface area contributed by atoms with Crippen molar-refractivity contribution >= 4 is 27.8 Å². The molecule has 9 nitrogen and oxygen atoms in total. The van der Waals surface area contributed by atoms with Crippen LogP contribution in [0, 0.1) is 25.5 Å². The summed E-state index contributed by atoms with van der Waals surface area (Å²) in [4.78, 5) is 40.7. The third-order valence-corrected chi connectivity index (χ3v) is 5.92. The number of amides is 1. The monoisotopic (exact) mass is 565 g/mol. The molecule has 0 saturated heterocycles. The lowest BCUT2D eigenvalue weighted by Crippen LogP contribution is -2.30. The molecule has 0 aliphatic carbocycles. The van der Waals surface area contributed by atoms with Gasteiger partial charge in [-0.25, -0.2) is 13.6 Å². The van der Waals surface area contributed by atoms with Crippen LogP contribution in [-0.2, 0) is 11.4 Å². The van der Waals surface area contributed by atoms with Crippen molar-refractivity contribution in [3.8, 4) is 11.6 Å². The van der Waals surface area contributed by atoms with Gasteiger partial charge in [0.15, 0.2) is 6.10 Å². The number of aliphatic hydroxyl groups is 1. The standard InChI is InChI=1S/C24H22BrF2N3O6/c1-12-3-4-14(21(32)28-8-7-19(31)24(34)35)9-18(12)30-13(2)29-22(20(25)23(30)33)36-11-15-5-6-16(26)10-17(15)27/h3-6,9-10,19,31H,7-8,11H2,1-2H3,(H,28,32)(H,34,35)/t19-/m0/s1. The van der Waals surface area contributed by atoms with Crippen LogP contribution in [0.4, 0.5) is 8.78 Å². The number of aliphatic carboxylic acids is 1. The number of nitrogens with zero attached hydrogens (tertiary/aromatic N) is 2. The minimum absolute atomic E-state index is 0.0347. The number of hydrogen-bond donors (Lipinski definition) is 3. The highest BCUT2D eigenvalue weighted by atomic mass is 79.9. The zero-order valence-corrected chi connectivity index (χ0v) is 20.8. The number of halogens is 3. The summed E-state index contributed by atoms with van der Waals surface area (Å²) < 4.78 is 33.8. The highest BCUT2D eigenvalue weighted by Gasteiger charge is 2.19. The molecule has 0 bridgehead atoms. The molecule has 2 aromatic carbocycles. The topological polar surface area (TPSA) is 131 Å². The second-order valence-electron chi connectivity index (χ2n) is 7.84. The fourth-order valence-corrected chi connectivity index (χ4v) is 3.67. The Morgan fingerprint density at radius 3 is 2.58 bits per heavy atom. The number of carboxylic acids is 1. The molecule has 0 aliphatic heterocycles. The van der Waals surface area contributed by atoms with E-state index in [0.717, 1.165) is 12.1 Å². The van der Waals surface area contributed by atoms with Gasteiger partial charge in [-0.3, -0.25) is 14.2 Å². The van der Waals surface area contributed by atoms with Gasteiger partial charge in [0.2, 0.25) is 5.88 Å². The molecule has 3 N–H and O–H groups in total. The van der Waals surface area contributed by atoms with Gasteiger partial charge in [0.05, 0.1) is 5.69 Å². The first-order valence-electron chi connectivity index (χ1n) is 10.7. The molecule has 0 unspecified atom stereocenters. The van der Waals surface area contributed by atoms with Crippen LogP contribution in [0.1, 0.15) is 33.7 Å². The summed E-state index contributed by atoms with van der Waals surface area (Å²) in [5, 5.41) is 20.6. The fourth-order valence-electron chi connectivity index (χ4n) is 3.29. The zero-order chi connectivity index (χ0) is 26.6. The smallest absolute Gasteiger partial charge is 0.332 e. The number of carbonyl (C=O) groups excluding carboxylic acids is 1. The first kappa shape index (κ1) is 27.0. The van der Waals surface area contributed by atoms with E-state index in [0.29, 0.717) is 11.3 Å². The van der Waals surface area contributed by atoms with Crippen LogP contribution in [-0.4, -0.2) is 44.3 Å². The van der Waals surface area contributed by atoms with Gasteiger partial charge in [-0.1, -0.05) is 6.07 Å². The minimum Gasteiger partial charge on any atom is -0.479 e. The summed E-state index contributed by atoms with van der Waals surface area (Å²) >= 11 is 3.17. The molecule has 1 amide bonds. The van der Waals surface area contributed by atoms with E-state index in [1.54, 1.807) is 26.0 Å². The second-order valence-corrected chi connectivity index (χ2v) is 8.64. The number of aliphatic hydroxyl groups excluding tert-OH is 1. The van der Waals surface area contributed by atoms with E-state index >= 15 is 0 Å². The predicted molar refractivity (Wildman–Crippen MR) is 128 cm³/mol. The lowest BCUT2D eigenvalue weighted by Gasteiger charge is -2.16. The lowest BCUT2D eigenvalue weighted by molar-refractivity contribution is -0.146. The van der Waals surface area contributed by atoms with Crippen molar-refractivity contribution in [1.29, 1.82) is 0 Å². The number of nitrogens with one attached hydrogen (secondary N) is 1. The number of benzene rings is 2. The Kier molecular flexibility index (Phi) is 8.53. The lowest BCUT2D eigenvalue weighted by atomic mass is 10.1. The number of ether oxygens (including phenoxy) is 1. The summed E-state index contributed by atoms with van der Waals surface area (Å²) in [5.41, 5.74) is 0.781. The summed E-state index contributed by atoms with van der Waals surface area (Å²) in [6.07, 6.45) is -1.76. The van der Waals surface area contributed by atoms with Gasteiger partial charge >= 0.3 is 5.97 Å². The van der Waals surface area contributed by atoms with E-state index in [4.69, 9.17) is 9.84 Å². The van der Waals surface area contributed by atoms with Gasteiger partial charge in [-0.05, 0) is 59.6 Å². The van der Waals surface area contributed by atoms with Crippen LogP contribution in [0.25, 0.3) is 5.69 Å². The van der Waals surface area contributed by atoms with Gasteiger partial charge < -0.3 is 20.3 Å². The van der Waals surface area contributed by atoms with E-state index in [9.17, 15) is 28.3 Å². The van der Waals surface area contributed by atoms with E-state index in [1.165, 1.54) is 16.7 Å². The summed E-state index contributed by atoms with van der Waals surface area (Å²) in [6, 6.07) is 7.71. The quantitative estimate of drug-likeness (QED) is 0.363. The van der Waals surface area contributed by atoms with Crippen LogP contribution in [0.15, 0.2) is 45.7 Å². The van der Waals surface area contributed by atoms with Crippen molar-refractivity contribution in [3.05, 3.63) is 85.4 Å². The maximum Gasteiger partial charge on any atom is 0.332 e. The Labute approximate surface area is 212 Å². The average molecular weight is 566 g/mol. The molecular formula is C24H22BrF2N3O6.